The Hall–Kier alpha value is -1.78. The molecule has 0 heterocycles. The standard InChI is InChI=1S/C7H6O3.CH2O/c8-6-4-2-1-3-5-7(9)10;1-2/h8H,5-6H2,(H,9,10);1H2. The maximum atomic E-state index is 9.83. The summed E-state index contributed by atoms with van der Waals surface area (Å²) in [5, 5.41) is 16.2. The molecule has 64 valence electrons. The van der Waals surface area contributed by atoms with E-state index in [2.05, 4.69) is 23.7 Å². The lowest BCUT2D eigenvalue weighted by Gasteiger charge is -1.74. The van der Waals surface area contributed by atoms with Gasteiger partial charge in [0.15, 0.2) is 0 Å². The first kappa shape index (κ1) is 12.9. The molecule has 0 aliphatic carbocycles. The second-order valence-electron chi connectivity index (χ2n) is 1.33. The van der Waals surface area contributed by atoms with Crippen LogP contribution in [0.1, 0.15) is 6.42 Å². The summed E-state index contributed by atoms with van der Waals surface area (Å²) in [5.41, 5.74) is 0. The molecule has 0 aliphatic rings. The number of aliphatic hydroxyl groups excluding tert-OH is 1. The van der Waals surface area contributed by atoms with E-state index in [1.807, 2.05) is 6.79 Å². The number of rotatable bonds is 1. The molecule has 0 saturated heterocycles. The first-order chi connectivity index (χ1) is 5.77. The molecule has 0 aromatic carbocycles. The van der Waals surface area contributed by atoms with Crippen molar-refractivity contribution in [1.29, 1.82) is 0 Å². The maximum absolute atomic E-state index is 9.83. The van der Waals surface area contributed by atoms with Gasteiger partial charge in [0.1, 0.15) is 19.8 Å². The fourth-order valence-electron chi connectivity index (χ4n) is 0.248. The molecule has 2 N–H and O–H groups in total. The Labute approximate surface area is 70.2 Å². The van der Waals surface area contributed by atoms with Crippen molar-refractivity contribution in [2.75, 3.05) is 6.61 Å². The van der Waals surface area contributed by atoms with E-state index in [1.54, 1.807) is 0 Å². The van der Waals surface area contributed by atoms with Crippen LogP contribution in [0.5, 0.6) is 0 Å². The summed E-state index contributed by atoms with van der Waals surface area (Å²) < 4.78 is 0. The second-order valence-corrected chi connectivity index (χ2v) is 1.33. The Morgan fingerprint density at radius 3 is 2.17 bits per heavy atom. The molecule has 0 unspecified atom stereocenters. The Balaban J connectivity index is 0. The minimum Gasteiger partial charge on any atom is -0.481 e. The fourth-order valence-corrected chi connectivity index (χ4v) is 0.248. The lowest BCUT2D eigenvalue weighted by molar-refractivity contribution is -0.135. The molecule has 0 radical (unpaired) electrons. The maximum Gasteiger partial charge on any atom is 0.315 e. The molecule has 0 aliphatic heterocycles. The van der Waals surface area contributed by atoms with Crippen molar-refractivity contribution >= 4 is 12.8 Å². The van der Waals surface area contributed by atoms with Gasteiger partial charge in [0.25, 0.3) is 0 Å². The van der Waals surface area contributed by atoms with Crippen LogP contribution in [0, 0.1) is 23.7 Å². The van der Waals surface area contributed by atoms with Crippen molar-refractivity contribution < 1.29 is 19.8 Å². The van der Waals surface area contributed by atoms with Gasteiger partial charge in [-0.25, -0.2) is 0 Å². The van der Waals surface area contributed by atoms with E-state index in [0.29, 0.717) is 0 Å². The molecule has 0 rings (SSSR count). The van der Waals surface area contributed by atoms with E-state index >= 15 is 0 Å². The second kappa shape index (κ2) is 12.0. The van der Waals surface area contributed by atoms with Crippen LogP contribution in [-0.4, -0.2) is 29.6 Å². The number of carboxylic acids is 1. The van der Waals surface area contributed by atoms with E-state index < -0.39 is 5.97 Å². The number of carboxylic acid groups (broad SMARTS) is 1. The summed E-state index contributed by atoms with van der Waals surface area (Å²) in [6, 6.07) is 0. The Bertz CT molecular complexity index is 235. The van der Waals surface area contributed by atoms with Gasteiger partial charge in [-0.15, -0.1) is 0 Å². The zero-order valence-electron chi connectivity index (χ0n) is 6.33. The summed E-state index contributed by atoms with van der Waals surface area (Å²) in [5.74, 6) is 8.10. The highest BCUT2D eigenvalue weighted by molar-refractivity contribution is 5.70. The molecule has 0 spiro atoms. The minimum absolute atomic E-state index is 0.208. The van der Waals surface area contributed by atoms with Gasteiger partial charge in [0.2, 0.25) is 0 Å². The number of aliphatic hydroxyl groups is 1. The van der Waals surface area contributed by atoms with Crippen LogP contribution >= 0.6 is 0 Å². The molecule has 0 fully saturated rings. The monoisotopic (exact) mass is 168 g/mol. The number of hydrogen-bond acceptors (Lipinski definition) is 3. The Morgan fingerprint density at radius 2 is 1.75 bits per heavy atom. The van der Waals surface area contributed by atoms with Crippen LogP contribution in [0.3, 0.4) is 0 Å². The Kier molecular flexibility index (Phi) is 12.8. The van der Waals surface area contributed by atoms with Crippen molar-refractivity contribution in [3.63, 3.8) is 0 Å². The van der Waals surface area contributed by atoms with Gasteiger partial charge in [-0.1, -0.05) is 11.8 Å². The highest BCUT2D eigenvalue weighted by atomic mass is 16.4. The van der Waals surface area contributed by atoms with E-state index in [-0.39, 0.29) is 13.0 Å². The van der Waals surface area contributed by atoms with Gasteiger partial charge >= 0.3 is 5.97 Å². The van der Waals surface area contributed by atoms with Crippen molar-refractivity contribution in [1.82, 2.24) is 0 Å². The molecule has 0 aromatic rings. The van der Waals surface area contributed by atoms with Crippen LogP contribution in [0.2, 0.25) is 0 Å². The first-order valence-electron chi connectivity index (χ1n) is 2.84. The number of hydrogen-bond donors (Lipinski definition) is 2. The molecule has 12 heavy (non-hydrogen) atoms. The van der Waals surface area contributed by atoms with Gasteiger partial charge in [-0.2, -0.15) is 0 Å². The quantitative estimate of drug-likeness (QED) is 0.506. The zero-order chi connectivity index (χ0) is 9.82. The lowest BCUT2D eigenvalue weighted by atomic mass is 10.4. The predicted octanol–water partition coefficient (Wildman–Crippen LogP) is -0.725. The van der Waals surface area contributed by atoms with E-state index in [4.69, 9.17) is 15.0 Å². The average molecular weight is 168 g/mol. The van der Waals surface area contributed by atoms with Crippen molar-refractivity contribution in [3.05, 3.63) is 0 Å². The highest BCUT2D eigenvalue weighted by Crippen LogP contribution is 1.71. The third kappa shape index (κ3) is 15.7. The summed E-state index contributed by atoms with van der Waals surface area (Å²) in [6.45, 7) is 1.75. The van der Waals surface area contributed by atoms with Gasteiger partial charge in [0, 0.05) is 0 Å². The van der Waals surface area contributed by atoms with Gasteiger partial charge < -0.3 is 15.0 Å². The van der Waals surface area contributed by atoms with Crippen molar-refractivity contribution in [2.45, 2.75) is 6.42 Å². The summed E-state index contributed by atoms with van der Waals surface area (Å²) >= 11 is 0. The molecular weight excluding hydrogens is 160 g/mol. The van der Waals surface area contributed by atoms with Gasteiger partial charge in [0.05, 0.1) is 0 Å². The largest absolute Gasteiger partial charge is 0.481 e. The number of carbonyl (C=O) groups excluding carboxylic acids is 1. The minimum atomic E-state index is -0.974. The van der Waals surface area contributed by atoms with E-state index in [0.717, 1.165) is 0 Å². The predicted molar refractivity (Wildman–Crippen MR) is 42.0 cm³/mol. The SMILES string of the molecule is C=O.O=C(O)CC#CC#CCO. The molecule has 0 atom stereocenters. The van der Waals surface area contributed by atoms with Gasteiger partial charge in [-0.3, -0.25) is 4.79 Å². The Morgan fingerprint density at radius 1 is 1.25 bits per heavy atom. The molecule has 4 nitrogen and oxygen atoms in total. The van der Waals surface area contributed by atoms with Crippen LogP contribution in [0.25, 0.3) is 0 Å². The molecule has 0 amide bonds. The van der Waals surface area contributed by atoms with Crippen molar-refractivity contribution in [3.8, 4) is 23.7 Å². The van der Waals surface area contributed by atoms with Gasteiger partial charge in [-0.05, 0) is 11.8 Å². The third-order valence-electron chi connectivity index (χ3n) is 0.558. The number of carbonyl (C=O) groups is 2. The van der Waals surface area contributed by atoms with Crippen molar-refractivity contribution in [2.24, 2.45) is 0 Å². The molecule has 0 aromatic heterocycles. The van der Waals surface area contributed by atoms with E-state index in [9.17, 15) is 4.79 Å². The highest BCUT2D eigenvalue weighted by Gasteiger charge is 1.86. The average Bonchev–Trinajstić information content (AvgIpc) is 2.07. The van der Waals surface area contributed by atoms with E-state index in [1.165, 1.54) is 0 Å². The molecule has 0 saturated carbocycles. The van der Waals surface area contributed by atoms with Crippen LogP contribution in [0.4, 0.5) is 0 Å². The zero-order valence-corrected chi connectivity index (χ0v) is 6.33. The normalized spacial score (nSPS) is 5.75. The van der Waals surface area contributed by atoms with Crippen LogP contribution in [-0.2, 0) is 9.59 Å². The number of aliphatic carboxylic acids is 1. The first-order valence-corrected chi connectivity index (χ1v) is 2.84. The van der Waals surface area contributed by atoms with Crippen LogP contribution in [0.15, 0.2) is 0 Å². The smallest absolute Gasteiger partial charge is 0.315 e. The summed E-state index contributed by atoms with van der Waals surface area (Å²) in [6.07, 6.45) is -0.208. The third-order valence-corrected chi connectivity index (χ3v) is 0.558. The molecule has 4 heteroatoms. The van der Waals surface area contributed by atoms with Crippen LogP contribution < -0.4 is 0 Å². The molecule has 0 bridgehead atoms. The topological polar surface area (TPSA) is 74.6 Å². The summed E-state index contributed by atoms with van der Waals surface area (Å²) in [7, 11) is 0. The molecular formula is C8H8O4. The fraction of sp³-hybridized carbons (Fsp3) is 0.250. The summed E-state index contributed by atoms with van der Waals surface area (Å²) in [4.78, 5) is 17.8. The lowest BCUT2D eigenvalue weighted by Crippen LogP contribution is -1.89.